The van der Waals surface area contributed by atoms with Crippen molar-refractivity contribution in [3.8, 4) is 0 Å². The average Bonchev–Trinajstić information content (AvgIpc) is 2.78. The normalized spacial score (nSPS) is 40.6. The van der Waals surface area contributed by atoms with Crippen LogP contribution in [0.4, 0.5) is 0 Å². The molecule has 2 bridgehead atoms. The van der Waals surface area contributed by atoms with Gasteiger partial charge in [-0.2, -0.15) is 0 Å². The van der Waals surface area contributed by atoms with Crippen LogP contribution < -0.4 is 5.73 Å². The highest BCUT2D eigenvalue weighted by molar-refractivity contribution is 5.78. The van der Waals surface area contributed by atoms with Gasteiger partial charge in [0.05, 0.1) is 0 Å². The van der Waals surface area contributed by atoms with Crippen LogP contribution in [-0.2, 0) is 4.79 Å². The van der Waals surface area contributed by atoms with E-state index in [9.17, 15) is 4.79 Å². The van der Waals surface area contributed by atoms with Gasteiger partial charge in [0, 0.05) is 24.5 Å². The topological polar surface area (TPSA) is 46.3 Å². The lowest BCUT2D eigenvalue weighted by molar-refractivity contribution is -0.132. The number of carbonyl (C=O) groups excluding carboxylic acids is 1. The summed E-state index contributed by atoms with van der Waals surface area (Å²) < 4.78 is 0. The van der Waals surface area contributed by atoms with Gasteiger partial charge in [0.15, 0.2) is 0 Å². The van der Waals surface area contributed by atoms with E-state index in [1.807, 2.05) is 0 Å². The molecule has 2 N–H and O–H groups in total. The molecule has 3 nitrogen and oxygen atoms in total. The molecule has 3 rings (SSSR count). The number of hydrogen-bond donors (Lipinski definition) is 1. The van der Waals surface area contributed by atoms with E-state index < -0.39 is 0 Å². The third-order valence-corrected chi connectivity index (χ3v) is 4.03. The molecule has 3 aliphatic rings. The third kappa shape index (κ3) is 1.26. The smallest absolute Gasteiger partial charge is 0.223 e. The molecule has 1 saturated carbocycles. The molecule has 0 aromatic heterocycles. The molecule has 3 unspecified atom stereocenters. The largest absolute Gasteiger partial charge is 0.335 e. The third-order valence-electron chi connectivity index (χ3n) is 4.03. The van der Waals surface area contributed by atoms with Crippen LogP contribution in [0.25, 0.3) is 0 Å². The van der Waals surface area contributed by atoms with Crippen molar-refractivity contribution in [2.24, 2.45) is 11.7 Å². The lowest BCUT2D eigenvalue weighted by atomic mass is 9.97. The molecular weight excluding hydrogens is 176 g/mol. The Morgan fingerprint density at radius 2 is 2.07 bits per heavy atom. The molecule has 3 atom stereocenters. The number of fused-ring (bicyclic) bond motifs is 2. The van der Waals surface area contributed by atoms with Crippen molar-refractivity contribution in [3.63, 3.8) is 0 Å². The molecule has 2 heterocycles. The van der Waals surface area contributed by atoms with Crippen molar-refractivity contribution in [3.05, 3.63) is 0 Å². The summed E-state index contributed by atoms with van der Waals surface area (Å²) in [6, 6.07) is 1.13. The second-order valence-electron chi connectivity index (χ2n) is 5.15. The molecule has 1 aliphatic carbocycles. The minimum absolute atomic E-state index is 0.261. The lowest BCUT2D eigenvalue weighted by Gasteiger charge is -2.22. The number of hydrogen-bond acceptors (Lipinski definition) is 2. The van der Waals surface area contributed by atoms with Gasteiger partial charge in [0.2, 0.25) is 5.91 Å². The maximum atomic E-state index is 12.0. The fourth-order valence-corrected chi connectivity index (χ4v) is 3.10. The first kappa shape index (κ1) is 8.72. The maximum absolute atomic E-state index is 12.0. The zero-order chi connectivity index (χ0) is 9.71. The van der Waals surface area contributed by atoms with E-state index in [4.69, 9.17) is 5.73 Å². The number of rotatable bonds is 2. The van der Waals surface area contributed by atoms with Crippen molar-refractivity contribution in [1.82, 2.24) is 4.90 Å². The summed E-state index contributed by atoms with van der Waals surface area (Å²) in [6.07, 6.45) is 6.69. The fourth-order valence-electron chi connectivity index (χ4n) is 3.10. The van der Waals surface area contributed by atoms with Crippen LogP contribution in [0.3, 0.4) is 0 Å². The summed E-state index contributed by atoms with van der Waals surface area (Å²) in [4.78, 5) is 14.1. The summed E-state index contributed by atoms with van der Waals surface area (Å²) in [5, 5.41) is 0. The first-order valence-corrected chi connectivity index (χ1v) is 5.82. The molecule has 0 aromatic rings. The highest BCUT2D eigenvalue weighted by Crippen LogP contribution is 2.40. The van der Waals surface area contributed by atoms with Crippen LogP contribution in [0.2, 0.25) is 0 Å². The Balaban J connectivity index is 1.69. The van der Waals surface area contributed by atoms with Crippen molar-refractivity contribution in [1.29, 1.82) is 0 Å². The van der Waals surface area contributed by atoms with E-state index >= 15 is 0 Å². The Morgan fingerprint density at radius 1 is 1.29 bits per heavy atom. The Kier molecular flexibility index (Phi) is 1.84. The lowest BCUT2D eigenvalue weighted by Crippen LogP contribution is -2.40. The van der Waals surface area contributed by atoms with Crippen LogP contribution in [0.1, 0.15) is 38.5 Å². The molecule has 0 radical (unpaired) electrons. The predicted molar refractivity (Wildman–Crippen MR) is 53.6 cm³/mol. The highest BCUT2D eigenvalue weighted by Gasteiger charge is 2.47. The highest BCUT2D eigenvalue weighted by atomic mass is 16.2. The van der Waals surface area contributed by atoms with Gasteiger partial charge in [0.1, 0.15) is 0 Å². The van der Waals surface area contributed by atoms with Gasteiger partial charge in [-0.15, -0.1) is 0 Å². The van der Waals surface area contributed by atoms with E-state index in [0.717, 1.165) is 19.3 Å². The molecular formula is C11H18N2O. The summed E-state index contributed by atoms with van der Waals surface area (Å²) in [5.41, 5.74) is 6.00. The number of amides is 1. The first-order valence-electron chi connectivity index (χ1n) is 5.82. The Bertz CT molecular complexity index is 262. The van der Waals surface area contributed by atoms with Crippen molar-refractivity contribution in [2.75, 3.05) is 0 Å². The van der Waals surface area contributed by atoms with Crippen molar-refractivity contribution >= 4 is 5.91 Å². The standard InChI is InChI=1S/C11H18N2O/c12-9-6-8-3-4-10(9)13(8)11(14)5-7-1-2-7/h7-10H,1-6,12H2. The second kappa shape index (κ2) is 2.96. The summed E-state index contributed by atoms with van der Waals surface area (Å²) in [5.74, 6) is 1.09. The Hall–Kier alpha value is -0.570. The van der Waals surface area contributed by atoms with Gasteiger partial charge in [0.25, 0.3) is 0 Å². The molecule has 0 aromatic carbocycles. The van der Waals surface area contributed by atoms with E-state index in [1.54, 1.807) is 0 Å². The van der Waals surface area contributed by atoms with Crippen LogP contribution in [0, 0.1) is 5.92 Å². The van der Waals surface area contributed by atoms with E-state index in [0.29, 0.717) is 23.9 Å². The van der Waals surface area contributed by atoms with Crippen molar-refractivity contribution in [2.45, 2.75) is 56.7 Å². The maximum Gasteiger partial charge on any atom is 0.223 e. The Labute approximate surface area is 84.6 Å². The molecule has 0 spiro atoms. The zero-order valence-electron chi connectivity index (χ0n) is 8.48. The molecule has 14 heavy (non-hydrogen) atoms. The van der Waals surface area contributed by atoms with Crippen molar-refractivity contribution < 1.29 is 4.79 Å². The monoisotopic (exact) mass is 194 g/mol. The van der Waals surface area contributed by atoms with Crippen LogP contribution in [0.5, 0.6) is 0 Å². The van der Waals surface area contributed by atoms with Gasteiger partial charge in [-0.25, -0.2) is 0 Å². The summed E-state index contributed by atoms with van der Waals surface area (Å²) in [7, 11) is 0. The molecule has 78 valence electrons. The first-order chi connectivity index (χ1) is 6.75. The summed E-state index contributed by atoms with van der Waals surface area (Å²) in [6.45, 7) is 0. The van der Waals surface area contributed by atoms with E-state index in [-0.39, 0.29) is 6.04 Å². The quantitative estimate of drug-likeness (QED) is 0.709. The van der Waals surface area contributed by atoms with Gasteiger partial charge >= 0.3 is 0 Å². The minimum Gasteiger partial charge on any atom is -0.335 e. The van der Waals surface area contributed by atoms with E-state index in [2.05, 4.69) is 4.90 Å². The number of carbonyl (C=O) groups is 1. The van der Waals surface area contributed by atoms with Crippen LogP contribution in [-0.4, -0.2) is 28.9 Å². The minimum atomic E-state index is 0.261. The SMILES string of the molecule is NC1CC2CCC1N2C(=O)CC1CC1. The Morgan fingerprint density at radius 3 is 2.57 bits per heavy atom. The summed E-state index contributed by atoms with van der Waals surface area (Å²) >= 11 is 0. The fraction of sp³-hybridized carbons (Fsp3) is 0.909. The second-order valence-corrected chi connectivity index (χ2v) is 5.15. The molecule has 2 saturated heterocycles. The molecule has 3 fully saturated rings. The number of nitrogens with two attached hydrogens (primary N) is 1. The van der Waals surface area contributed by atoms with Crippen LogP contribution in [0.15, 0.2) is 0 Å². The van der Waals surface area contributed by atoms with Gasteiger partial charge < -0.3 is 10.6 Å². The van der Waals surface area contributed by atoms with Crippen LogP contribution >= 0.6 is 0 Å². The zero-order valence-corrected chi connectivity index (χ0v) is 8.48. The van der Waals surface area contributed by atoms with E-state index in [1.165, 1.54) is 19.3 Å². The molecule has 2 aliphatic heterocycles. The molecule has 3 heteroatoms. The number of nitrogens with zero attached hydrogens (tertiary/aromatic N) is 1. The average molecular weight is 194 g/mol. The van der Waals surface area contributed by atoms with Gasteiger partial charge in [-0.3, -0.25) is 4.79 Å². The van der Waals surface area contributed by atoms with Gasteiger partial charge in [-0.1, -0.05) is 0 Å². The predicted octanol–water partition coefficient (Wildman–Crippen LogP) is 0.877. The van der Waals surface area contributed by atoms with Gasteiger partial charge in [-0.05, 0) is 38.0 Å². The molecule has 1 amide bonds.